The van der Waals surface area contributed by atoms with Crippen LogP contribution in [0.3, 0.4) is 0 Å². The molecule has 1 aromatic heterocycles. The van der Waals surface area contributed by atoms with Crippen LogP contribution in [0.4, 0.5) is 0 Å². The standard InChI is InChI=1S/C14H12O2S2/c1-7-3-4-8(2)12-11(7)13-9(6-17-12)5-10(18-13)14(15)16/h3-5H,6H2,1-2H3,(H,15,16). The number of thioether (sulfide) groups is 1. The molecule has 0 radical (unpaired) electrons. The second-order valence-corrected chi connectivity index (χ2v) is 6.50. The maximum Gasteiger partial charge on any atom is 0.345 e. The molecule has 2 heterocycles. The smallest absolute Gasteiger partial charge is 0.345 e. The molecule has 0 bridgehead atoms. The van der Waals surface area contributed by atoms with Crippen molar-refractivity contribution >= 4 is 29.1 Å². The van der Waals surface area contributed by atoms with Gasteiger partial charge < -0.3 is 5.11 Å². The van der Waals surface area contributed by atoms with Crippen LogP contribution in [-0.4, -0.2) is 11.1 Å². The number of carboxylic acids is 1. The van der Waals surface area contributed by atoms with Gasteiger partial charge in [-0.05, 0) is 36.6 Å². The number of hydrogen-bond donors (Lipinski definition) is 1. The summed E-state index contributed by atoms with van der Waals surface area (Å²) in [5.74, 6) is 0.0439. The molecule has 0 saturated carbocycles. The number of benzene rings is 1. The fourth-order valence-corrected chi connectivity index (χ4v) is 4.78. The average Bonchev–Trinajstić information content (AvgIpc) is 2.77. The first-order valence-electron chi connectivity index (χ1n) is 5.67. The number of carbonyl (C=O) groups is 1. The van der Waals surface area contributed by atoms with Crippen LogP contribution in [-0.2, 0) is 5.75 Å². The average molecular weight is 276 g/mol. The predicted octanol–water partition coefficient (Wildman–Crippen LogP) is 4.34. The third-order valence-corrected chi connectivity index (χ3v) is 5.63. The van der Waals surface area contributed by atoms with E-state index in [1.165, 1.54) is 32.9 Å². The summed E-state index contributed by atoms with van der Waals surface area (Å²) in [6.07, 6.45) is 0. The molecule has 0 spiro atoms. The summed E-state index contributed by atoms with van der Waals surface area (Å²) in [5.41, 5.74) is 4.89. The van der Waals surface area contributed by atoms with Crippen LogP contribution in [0.5, 0.6) is 0 Å². The lowest BCUT2D eigenvalue weighted by Gasteiger charge is -2.19. The van der Waals surface area contributed by atoms with Crippen LogP contribution < -0.4 is 0 Å². The Morgan fingerprint density at radius 3 is 2.72 bits per heavy atom. The molecule has 18 heavy (non-hydrogen) atoms. The van der Waals surface area contributed by atoms with E-state index in [-0.39, 0.29) is 0 Å². The maximum absolute atomic E-state index is 11.1. The molecule has 4 heteroatoms. The van der Waals surface area contributed by atoms with Gasteiger partial charge in [-0.2, -0.15) is 0 Å². The minimum atomic E-state index is -0.828. The second-order valence-electron chi connectivity index (χ2n) is 4.46. The zero-order valence-corrected chi connectivity index (χ0v) is 11.7. The monoisotopic (exact) mass is 276 g/mol. The Kier molecular flexibility index (Phi) is 2.72. The third-order valence-electron chi connectivity index (χ3n) is 3.18. The molecule has 0 fully saturated rings. The molecule has 1 N–H and O–H groups in total. The Morgan fingerprint density at radius 2 is 2.00 bits per heavy atom. The number of hydrogen-bond acceptors (Lipinski definition) is 3. The van der Waals surface area contributed by atoms with E-state index in [1.54, 1.807) is 0 Å². The van der Waals surface area contributed by atoms with E-state index >= 15 is 0 Å². The first kappa shape index (κ1) is 11.8. The SMILES string of the molecule is Cc1ccc(C)c2c1SCc1cc(C(=O)O)sc1-2. The summed E-state index contributed by atoms with van der Waals surface area (Å²) < 4.78 is 0. The minimum Gasteiger partial charge on any atom is -0.477 e. The molecule has 3 rings (SSSR count). The second kappa shape index (κ2) is 4.14. The highest BCUT2D eigenvalue weighted by Gasteiger charge is 2.24. The summed E-state index contributed by atoms with van der Waals surface area (Å²) in [7, 11) is 0. The molecule has 2 aromatic rings. The van der Waals surface area contributed by atoms with Crippen molar-refractivity contribution in [1.82, 2.24) is 0 Å². The van der Waals surface area contributed by atoms with Crippen LogP contribution in [0, 0.1) is 13.8 Å². The van der Waals surface area contributed by atoms with E-state index in [4.69, 9.17) is 5.11 Å². The molecule has 0 atom stereocenters. The Bertz CT molecular complexity index is 656. The molecule has 92 valence electrons. The highest BCUT2D eigenvalue weighted by molar-refractivity contribution is 7.98. The zero-order valence-electron chi connectivity index (χ0n) is 10.1. The molecule has 0 saturated heterocycles. The predicted molar refractivity (Wildman–Crippen MR) is 75.7 cm³/mol. The van der Waals surface area contributed by atoms with Crippen molar-refractivity contribution in [1.29, 1.82) is 0 Å². The van der Waals surface area contributed by atoms with Gasteiger partial charge in [0.05, 0.1) is 0 Å². The van der Waals surface area contributed by atoms with Crippen molar-refractivity contribution < 1.29 is 9.90 Å². The van der Waals surface area contributed by atoms with Gasteiger partial charge in [0.15, 0.2) is 0 Å². The molecular weight excluding hydrogens is 264 g/mol. The van der Waals surface area contributed by atoms with E-state index in [2.05, 4.69) is 26.0 Å². The quantitative estimate of drug-likeness (QED) is 0.842. The van der Waals surface area contributed by atoms with E-state index in [9.17, 15) is 4.79 Å². The summed E-state index contributed by atoms with van der Waals surface area (Å²) in [6.45, 7) is 4.20. The van der Waals surface area contributed by atoms with Crippen molar-refractivity contribution in [3.05, 3.63) is 39.8 Å². The molecule has 0 amide bonds. The highest BCUT2D eigenvalue weighted by Crippen LogP contribution is 2.48. The number of rotatable bonds is 1. The summed E-state index contributed by atoms with van der Waals surface area (Å²) in [6, 6.07) is 6.07. The van der Waals surface area contributed by atoms with E-state index in [0.717, 1.165) is 16.2 Å². The van der Waals surface area contributed by atoms with Crippen LogP contribution in [0.1, 0.15) is 26.4 Å². The number of carboxylic acid groups (broad SMARTS) is 1. The molecular formula is C14H12O2S2. The van der Waals surface area contributed by atoms with Gasteiger partial charge in [0.1, 0.15) is 4.88 Å². The van der Waals surface area contributed by atoms with E-state index in [1.807, 2.05) is 17.8 Å². The van der Waals surface area contributed by atoms with E-state index in [0.29, 0.717) is 4.88 Å². The molecule has 0 aliphatic carbocycles. The van der Waals surface area contributed by atoms with Crippen molar-refractivity contribution in [2.45, 2.75) is 24.5 Å². The van der Waals surface area contributed by atoms with Gasteiger partial charge in [0.2, 0.25) is 0 Å². The Morgan fingerprint density at radius 1 is 1.28 bits per heavy atom. The number of fused-ring (bicyclic) bond motifs is 3. The first-order chi connectivity index (χ1) is 8.58. The Balaban J connectivity index is 2.28. The summed E-state index contributed by atoms with van der Waals surface area (Å²) in [4.78, 5) is 14.0. The van der Waals surface area contributed by atoms with Crippen LogP contribution >= 0.6 is 23.1 Å². The fraction of sp³-hybridized carbons (Fsp3) is 0.214. The Labute approximate surface area is 114 Å². The van der Waals surface area contributed by atoms with Crippen molar-refractivity contribution in [3.63, 3.8) is 0 Å². The summed E-state index contributed by atoms with van der Waals surface area (Å²) in [5, 5.41) is 9.11. The largest absolute Gasteiger partial charge is 0.477 e. The van der Waals surface area contributed by atoms with Crippen LogP contribution in [0.2, 0.25) is 0 Å². The summed E-state index contributed by atoms with van der Waals surface area (Å²) >= 11 is 3.21. The number of thiophene rings is 1. The normalized spacial score (nSPS) is 13.0. The topological polar surface area (TPSA) is 37.3 Å². The van der Waals surface area contributed by atoms with Gasteiger partial charge in [-0.1, -0.05) is 12.1 Å². The van der Waals surface area contributed by atoms with Gasteiger partial charge in [0, 0.05) is 21.1 Å². The Hall–Kier alpha value is -1.26. The van der Waals surface area contributed by atoms with E-state index < -0.39 is 5.97 Å². The van der Waals surface area contributed by atoms with Crippen molar-refractivity contribution in [2.75, 3.05) is 0 Å². The molecule has 0 unspecified atom stereocenters. The van der Waals surface area contributed by atoms with Crippen molar-refractivity contribution in [2.24, 2.45) is 0 Å². The van der Waals surface area contributed by atoms with Gasteiger partial charge in [-0.3, -0.25) is 0 Å². The minimum absolute atomic E-state index is 0.439. The van der Waals surface area contributed by atoms with Gasteiger partial charge >= 0.3 is 5.97 Å². The lowest BCUT2D eigenvalue weighted by Crippen LogP contribution is -1.96. The zero-order chi connectivity index (χ0) is 12.9. The van der Waals surface area contributed by atoms with Crippen LogP contribution in [0.15, 0.2) is 23.1 Å². The molecule has 1 aliphatic heterocycles. The first-order valence-corrected chi connectivity index (χ1v) is 7.47. The fourth-order valence-electron chi connectivity index (χ4n) is 2.26. The lowest BCUT2D eigenvalue weighted by atomic mass is 10.0. The number of aromatic carboxylic acids is 1. The number of aryl methyl sites for hydroxylation is 2. The van der Waals surface area contributed by atoms with Gasteiger partial charge in [-0.25, -0.2) is 4.79 Å². The van der Waals surface area contributed by atoms with Crippen LogP contribution in [0.25, 0.3) is 10.4 Å². The highest BCUT2D eigenvalue weighted by atomic mass is 32.2. The molecule has 1 aliphatic rings. The van der Waals surface area contributed by atoms with Gasteiger partial charge in [-0.15, -0.1) is 23.1 Å². The molecule has 1 aromatic carbocycles. The maximum atomic E-state index is 11.1. The third kappa shape index (κ3) is 1.68. The lowest BCUT2D eigenvalue weighted by molar-refractivity contribution is 0.0702. The molecule has 2 nitrogen and oxygen atoms in total. The van der Waals surface area contributed by atoms with Crippen molar-refractivity contribution in [3.8, 4) is 10.4 Å². The van der Waals surface area contributed by atoms with Gasteiger partial charge in [0.25, 0.3) is 0 Å².